The number of phenols is 6. The Hall–Kier alpha value is -6.36. The number of fused-ring (bicyclic) bond motifs is 1. The molecule has 0 saturated carbocycles. The quantitative estimate of drug-likeness (QED) is 0.0283. The highest BCUT2D eigenvalue weighted by Crippen LogP contribution is 2.46. The Morgan fingerprint density at radius 2 is 1.10 bits per heavy atom. The Balaban J connectivity index is 1.02. The molecule has 0 aliphatic carbocycles. The number of esters is 1. The lowest BCUT2D eigenvalue weighted by atomic mass is 9.96. The minimum Gasteiger partial charge on any atom is -0.508 e. The number of carbonyl (C=O) groups is 1. The van der Waals surface area contributed by atoms with Gasteiger partial charge in [-0.3, -0.25) is 4.79 Å². The number of aliphatic hydroxyl groups excluding tert-OH is 13. The third-order valence-electron chi connectivity index (χ3n) is 14.9. The van der Waals surface area contributed by atoms with Crippen molar-refractivity contribution in [2.75, 3.05) is 19.8 Å². The fourth-order valence-corrected chi connectivity index (χ4v) is 9.99. The van der Waals surface area contributed by atoms with Crippen LogP contribution in [0.2, 0.25) is 0 Å². The van der Waals surface area contributed by atoms with Crippen LogP contribution < -0.4 is 14.9 Å². The van der Waals surface area contributed by atoms with Crippen LogP contribution in [0.4, 0.5) is 0 Å². The molecule has 4 aromatic rings. The fourth-order valence-electron chi connectivity index (χ4n) is 9.99. The van der Waals surface area contributed by atoms with Gasteiger partial charge >= 0.3 is 5.97 Å². The monoisotopic (exact) mass is 1230 g/mol. The molecule has 24 atom stereocenters. The van der Waals surface area contributed by atoms with Crippen molar-refractivity contribution in [1.29, 1.82) is 0 Å². The minimum absolute atomic E-state index is 0.224. The second kappa shape index (κ2) is 26.1. The molecular weight excluding hydrogens is 1160 g/mol. The molecule has 33 heteroatoms. The number of aliphatic hydroxyl groups is 13. The van der Waals surface area contributed by atoms with E-state index in [9.17, 15) is 107 Å². The van der Waals surface area contributed by atoms with Gasteiger partial charge in [-0.05, 0) is 49.8 Å². The topological polar surface area (TPSA) is 533 Å². The first kappa shape index (κ1) is 64.1. The van der Waals surface area contributed by atoms with Crippen molar-refractivity contribution in [2.45, 2.75) is 161 Å². The molecule has 0 spiro atoms. The molecule has 86 heavy (non-hydrogen) atoms. The Kier molecular flexibility index (Phi) is 19.5. The third kappa shape index (κ3) is 13.0. The van der Waals surface area contributed by atoms with Crippen LogP contribution in [0.3, 0.4) is 0 Å². The molecule has 0 bridgehead atoms. The molecule has 3 aromatic carbocycles. The van der Waals surface area contributed by atoms with Crippen molar-refractivity contribution in [1.82, 2.24) is 0 Å². The number of benzene rings is 3. The van der Waals surface area contributed by atoms with E-state index in [2.05, 4.69) is 0 Å². The first-order valence-electron chi connectivity index (χ1n) is 26.4. The Bertz CT molecular complexity index is 3100. The smallest absolute Gasteiger partial charge is 0.330 e. The normalized spacial score (nSPS) is 37.8. The average Bonchev–Trinajstić information content (AvgIpc) is 1.01. The van der Waals surface area contributed by atoms with E-state index in [1.807, 2.05) is 0 Å². The zero-order chi connectivity index (χ0) is 62.5. The van der Waals surface area contributed by atoms with Crippen LogP contribution in [0, 0.1) is 0 Å². The van der Waals surface area contributed by atoms with Gasteiger partial charge in [0, 0.05) is 23.8 Å². The van der Waals surface area contributed by atoms with Crippen LogP contribution >= 0.6 is 0 Å². The molecular formula is C53H64O33. The molecule has 5 aliphatic rings. The van der Waals surface area contributed by atoms with Crippen molar-refractivity contribution in [3.05, 3.63) is 64.3 Å². The lowest BCUT2D eigenvalue weighted by Crippen LogP contribution is -2.67. The number of rotatable bonds is 16. The standard InChI is InChI=1S/C53H64O33/c1-15-31(62)37(68)42(73)50(77-15)81-28-14-76-49(41(72)35(28)66)83-45-23(59)8-18(9-24(45)60)44-46(36(67)30-22(58)10-19(55)11-25(30)79-44)84-52-47(39(70)32(63)16(2)78-52)86-53-48(85-51-43(74)38(69)33(64)26(12-54)80-51)40(71)34(65)27(82-53)13-75-29(61)6-4-17-3-5-20(56)21(57)7-17/h3-11,15-16,26-28,31-35,37-43,47-60,62-66,68-74H,12-14H2,1-2H3/t15-,16-,26+,27+,28+,31-,32-,33+,34+,35-,37+,38-,39+,40-,41+,42+,43+,47+,48+,49-,50-,51-,52-,53-/m0/s1. The molecule has 474 valence electrons. The highest BCUT2D eigenvalue weighted by molar-refractivity contribution is 5.89. The summed E-state index contributed by atoms with van der Waals surface area (Å²) in [5.41, 5.74) is -2.10. The fraction of sp³-hybridized carbons (Fsp3) is 0.547. The van der Waals surface area contributed by atoms with Crippen LogP contribution in [-0.2, 0) is 47.4 Å². The maximum atomic E-state index is 14.7. The van der Waals surface area contributed by atoms with Gasteiger partial charge in [-0.25, -0.2) is 4.79 Å². The maximum absolute atomic E-state index is 14.7. The van der Waals surface area contributed by atoms with Gasteiger partial charge in [-0.15, -0.1) is 0 Å². The Morgan fingerprint density at radius 1 is 0.547 bits per heavy atom. The van der Waals surface area contributed by atoms with E-state index in [4.69, 9.17) is 56.5 Å². The summed E-state index contributed by atoms with van der Waals surface area (Å²) in [7, 11) is 0. The zero-order valence-corrected chi connectivity index (χ0v) is 44.9. The highest BCUT2D eigenvalue weighted by Gasteiger charge is 2.55. The number of carbonyl (C=O) groups excluding carboxylic acids is 1. The Morgan fingerprint density at radius 3 is 1.77 bits per heavy atom. The summed E-state index contributed by atoms with van der Waals surface area (Å²) in [6.45, 7) is 0.137. The second-order valence-corrected chi connectivity index (χ2v) is 20.9. The van der Waals surface area contributed by atoms with Gasteiger partial charge < -0.3 is 154 Å². The number of phenolic OH excluding ortho intramolecular Hbond substituents is 6. The summed E-state index contributed by atoms with van der Waals surface area (Å²) in [6, 6.07) is 6.81. The lowest BCUT2D eigenvalue weighted by molar-refractivity contribution is -0.388. The van der Waals surface area contributed by atoms with Crippen molar-refractivity contribution in [3.8, 4) is 57.3 Å². The van der Waals surface area contributed by atoms with E-state index in [0.717, 1.165) is 42.5 Å². The average molecular weight is 1230 g/mol. The second-order valence-electron chi connectivity index (χ2n) is 20.9. The van der Waals surface area contributed by atoms with Gasteiger partial charge in [0.15, 0.2) is 53.7 Å². The third-order valence-corrected chi connectivity index (χ3v) is 14.9. The molecule has 0 unspecified atom stereocenters. The van der Waals surface area contributed by atoms with Gasteiger partial charge in [0.05, 0.1) is 25.4 Å². The molecule has 5 aliphatic heterocycles. The van der Waals surface area contributed by atoms with Crippen LogP contribution in [0.15, 0.2) is 57.8 Å². The summed E-state index contributed by atoms with van der Waals surface area (Å²) >= 11 is 0. The lowest BCUT2D eigenvalue weighted by Gasteiger charge is -2.48. The largest absolute Gasteiger partial charge is 0.508 e. The van der Waals surface area contributed by atoms with Crippen molar-refractivity contribution in [3.63, 3.8) is 0 Å². The van der Waals surface area contributed by atoms with Crippen molar-refractivity contribution < 1.29 is 158 Å². The van der Waals surface area contributed by atoms with E-state index in [-0.39, 0.29) is 5.56 Å². The maximum Gasteiger partial charge on any atom is 0.330 e. The van der Waals surface area contributed by atoms with Gasteiger partial charge in [0.1, 0.15) is 127 Å². The first-order chi connectivity index (χ1) is 40.7. The summed E-state index contributed by atoms with van der Waals surface area (Å²) in [5, 5.41) is 204. The van der Waals surface area contributed by atoms with Gasteiger partial charge in [0.25, 0.3) is 0 Å². The van der Waals surface area contributed by atoms with Crippen LogP contribution in [-0.4, -0.2) is 270 Å². The predicted molar refractivity (Wildman–Crippen MR) is 275 cm³/mol. The van der Waals surface area contributed by atoms with Crippen LogP contribution in [0.5, 0.6) is 46.0 Å². The summed E-state index contributed by atoms with van der Waals surface area (Å²) in [5.74, 6) is -8.17. The molecule has 5 saturated heterocycles. The van der Waals surface area contributed by atoms with E-state index >= 15 is 0 Å². The van der Waals surface area contributed by atoms with E-state index < -0.39 is 247 Å². The first-order valence-corrected chi connectivity index (χ1v) is 26.4. The number of hydrogen-bond acceptors (Lipinski definition) is 33. The summed E-state index contributed by atoms with van der Waals surface area (Å²) in [6.07, 6.45) is -43.2. The van der Waals surface area contributed by atoms with E-state index in [1.165, 1.54) is 26.0 Å². The minimum atomic E-state index is -2.26. The van der Waals surface area contributed by atoms with Crippen LogP contribution in [0.25, 0.3) is 28.4 Å². The van der Waals surface area contributed by atoms with Gasteiger partial charge in [0.2, 0.25) is 29.5 Å². The SMILES string of the molecule is C[C@@H]1O[C@@H](O[C@@H]2CO[C@@H](Oc3c(O)cc(-c4oc5cc(O)cc(O)c5c(=O)c4O[C@@H]4O[C@@H](C)[C@H](O)[C@@H](O)[C@H]4O[C@@H]4O[C@H](COC(=O)C=Cc5ccc(O)c(O)c5)[C@@H](O)[C@H](O)[C@H]4O[C@@H]4O[C@H](CO)[C@@H](O)[C@H](O)[C@H]4O)cc3O)[C@H](O)[C@H]2O)[C@H](O)[C@H](O)[C@H]1O. The zero-order valence-electron chi connectivity index (χ0n) is 44.9. The molecule has 1 aromatic heterocycles. The van der Waals surface area contributed by atoms with Crippen LogP contribution in [0.1, 0.15) is 19.4 Å². The molecule has 9 rings (SSSR count). The van der Waals surface area contributed by atoms with E-state index in [0.29, 0.717) is 0 Å². The number of ether oxygens (including phenoxy) is 11. The summed E-state index contributed by atoms with van der Waals surface area (Å²) < 4.78 is 68.8. The molecule has 0 amide bonds. The van der Waals surface area contributed by atoms with E-state index in [1.54, 1.807) is 0 Å². The Labute approximate surface area is 483 Å². The van der Waals surface area contributed by atoms with Gasteiger partial charge in [-0.1, -0.05) is 6.07 Å². The highest BCUT2D eigenvalue weighted by atomic mass is 16.8. The van der Waals surface area contributed by atoms with Crippen molar-refractivity contribution >= 4 is 23.0 Å². The number of aromatic hydroxyl groups is 6. The molecule has 5 fully saturated rings. The predicted octanol–water partition coefficient (Wildman–Crippen LogP) is -5.52. The number of hydrogen-bond donors (Lipinski definition) is 19. The summed E-state index contributed by atoms with van der Waals surface area (Å²) in [4.78, 5) is 27.6. The molecule has 33 nitrogen and oxygen atoms in total. The van der Waals surface area contributed by atoms with Gasteiger partial charge in [-0.2, -0.15) is 0 Å². The molecule has 6 heterocycles. The van der Waals surface area contributed by atoms with Crippen molar-refractivity contribution in [2.24, 2.45) is 0 Å². The molecule has 19 N–H and O–H groups in total. The molecule has 0 radical (unpaired) electrons.